The molecule has 1 aliphatic rings. The second kappa shape index (κ2) is 5.54. The summed E-state index contributed by atoms with van der Waals surface area (Å²) in [6, 6.07) is 7.08. The van der Waals surface area contributed by atoms with Crippen LogP contribution < -0.4 is 10.6 Å². The molecule has 3 rings (SSSR count). The maximum absolute atomic E-state index is 5.97. The molecule has 20 heavy (non-hydrogen) atoms. The van der Waals surface area contributed by atoms with E-state index in [4.69, 9.17) is 10.7 Å². The maximum atomic E-state index is 5.97. The van der Waals surface area contributed by atoms with Gasteiger partial charge < -0.3 is 10.6 Å². The Kier molecular flexibility index (Phi) is 3.76. The van der Waals surface area contributed by atoms with Gasteiger partial charge in [0.05, 0.1) is 6.54 Å². The van der Waals surface area contributed by atoms with Gasteiger partial charge in [-0.25, -0.2) is 4.98 Å². The SMILES string of the molecule is Cc1cc(C)c(CN)c(N(Cc2cccs2)C2CC2)n1. The molecule has 1 saturated carbocycles. The smallest absolute Gasteiger partial charge is 0.134 e. The third-order valence-electron chi connectivity index (χ3n) is 3.82. The zero-order valence-electron chi connectivity index (χ0n) is 12.1. The molecule has 4 heteroatoms. The summed E-state index contributed by atoms with van der Waals surface area (Å²) in [5.41, 5.74) is 9.49. The molecule has 0 aromatic carbocycles. The highest BCUT2D eigenvalue weighted by atomic mass is 32.1. The number of pyridine rings is 1. The lowest BCUT2D eigenvalue weighted by Gasteiger charge is -2.26. The molecular formula is C16H21N3S. The van der Waals surface area contributed by atoms with Gasteiger partial charge in [-0.05, 0) is 49.8 Å². The molecule has 0 unspecified atom stereocenters. The topological polar surface area (TPSA) is 42.1 Å². The fourth-order valence-electron chi connectivity index (χ4n) is 2.67. The maximum Gasteiger partial charge on any atom is 0.134 e. The van der Waals surface area contributed by atoms with Crippen molar-refractivity contribution >= 4 is 17.2 Å². The first-order valence-electron chi connectivity index (χ1n) is 7.15. The third kappa shape index (κ3) is 2.72. The van der Waals surface area contributed by atoms with Crippen molar-refractivity contribution in [3.8, 4) is 0 Å². The number of aromatic nitrogens is 1. The number of aryl methyl sites for hydroxylation is 2. The van der Waals surface area contributed by atoms with Crippen LogP contribution in [0.2, 0.25) is 0 Å². The molecule has 2 aromatic heterocycles. The van der Waals surface area contributed by atoms with Crippen LogP contribution in [0.25, 0.3) is 0 Å². The first-order chi connectivity index (χ1) is 9.69. The van der Waals surface area contributed by atoms with Crippen LogP contribution in [0.1, 0.15) is 34.5 Å². The molecule has 0 atom stereocenters. The number of anilines is 1. The van der Waals surface area contributed by atoms with Gasteiger partial charge in [0.15, 0.2) is 0 Å². The fraction of sp³-hybridized carbons (Fsp3) is 0.438. The van der Waals surface area contributed by atoms with Gasteiger partial charge in [-0.2, -0.15) is 0 Å². The van der Waals surface area contributed by atoms with Crippen LogP contribution in [0.15, 0.2) is 23.6 Å². The van der Waals surface area contributed by atoms with E-state index in [1.165, 1.54) is 28.8 Å². The number of nitrogens with zero attached hydrogens (tertiary/aromatic N) is 2. The van der Waals surface area contributed by atoms with Gasteiger partial charge in [-0.3, -0.25) is 0 Å². The van der Waals surface area contributed by atoms with Crippen molar-refractivity contribution in [3.63, 3.8) is 0 Å². The van der Waals surface area contributed by atoms with E-state index in [0.717, 1.165) is 18.1 Å². The Balaban J connectivity index is 1.98. The fourth-order valence-corrected chi connectivity index (χ4v) is 3.37. The highest BCUT2D eigenvalue weighted by molar-refractivity contribution is 7.09. The van der Waals surface area contributed by atoms with Gasteiger partial charge in [0, 0.05) is 28.7 Å². The molecule has 106 valence electrons. The van der Waals surface area contributed by atoms with Crippen molar-refractivity contribution in [1.29, 1.82) is 0 Å². The number of thiophene rings is 1. The standard InChI is InChI=1S/C16H21N3S/c1-11-8-12(2)18-16(15(11)9-17)19(13-5-6-13)10-14-4-3-7-20-14/h3-4,7-8,13H,5-6,9-10,17H2,1-2H3. The summed E-state index contributed by atoms with van der Waals surface area (Å²) in [5, 5.41) is 2.14. The summed E-state index contributed by atoms with van der Waals surface area (Å²) in [6.45, 7) is 5.71. The van der Waals surface area contributed by atoms with Crippen LogP contribution in [0.5, 0.6) is 0 Å². The number of nitrogens with two attached hydrogens (primary N) is 1. The van der Waals surface area contributed by atoms with Crippen molar-refractivity contribution < 1.29 is 0 Å². The summed E-state index contributed by atoms with van der Waals surface area (Å²) >= 11 is 1.81. The average molecular weight is 287 g/mol. The largest absolute Gasteiger partial charge is 0.348 e. The molecule has 2 aromatic rings. The highest BCUT2D eigenvalue weighted by Gasteiger charge is 2.31. The molecule has 0 spiro atoms. The highest BCUT2D eigenvalue weighted by Crippen LogP contribution is 2.35. The van der Waals surface area contributed by atoms with Gasteiger partial charge >= 0.3 is 0 Å². The van der Waals surface area contributed by atoms with E-state index in [1.54, 1.807) is 0 Å². The molecular weight excluding hydrogens is 266 g/mol. The Morgan fingerprint density at radius 2 is 2.20 bits per heavy atom. The average Bonchev–Trinajstić information content (AvgIpc) is 3.12. The third-order valence-corrected chi connectivity index (χ3v) is 4.68. The molecule has 0 aliphatic heterocycles. The van der Waals surface area contributed by atoms with Crippen LogP contribution in [-0.4, -0.2) is 11.0 Å². The minimum atomic E-state index is 0.558. The minimum absolute atomic E-state index is 0.558. The second-order valence-electron chi connectivity index (χ2n) is 5.53. The van der Waals surface area contributed by atoms with Crippen molar-refractivity contribution in [2.75, 3.05) is 4.90 Å². The molecule has 2 N–H and O–H groups in total. The monoisotopic (exact) mass is 287 g/mol. The molecule has 1 fully saturated rings. The van der Waals surface area contributed by atoms with E-state index in [2.05, 4.69) is 42.3 Å². The number of hydrogen-bond donors (Lipinski definition) is 1. The van der Waals surface area contributed by atoms with Gasteiger partial charge in [0.2, 0.25) is 0 Å². The summed E-state index contributed by atoms with van der Waals surface area (Å²) in [5.74, 6) is 1.10. The van der Waals surface area contributed by atoms with Crippen LogP contribution in [-0.2, 0) is 13.1 Å². The van der Waals surface area contributed by atoms with Gasteiger partial charge in [-0.1, -0.05) is 6.07 Å². The molecule has 1 aliphatic carbocycles. The summed E-state index contributed by atoms with van der Waals surface area (Å²) in [4.78, 5) is 8.64. The molecule has 0 radical (unpaired) electrons. The number of hydrogen-bond acceptors (Lipinski definition) is 4. The van der Waals surface area contributed by atoms with Crippen LogP contribution in [0.4, 0.5) is 5.82 Å². The summed E-state index contributed by atoms with van der Waals surface area (Å²) in [7, 11) is 0. The summed E-state index contributed by atoms with van der Waals surface area (Å²) < 4.78 is 0. The lowest BCUT2D eigenvalue weighted by Crippen LogP contribution is -2.28. The first kappa shape index (κ1) is 13.6. The Morgan fingerprint density at radius 1 is 1.40 bits per heavy atom. The van der Waals surface area contributed by atoms with E-state index >= 15 is 0 Å². The van der Waals surface area contributed by atoms with E-state index in [9.17, 15) is 0 Å². The first-order valence-corrected chi connectivity index (χ1v) is 8.03. The van der Waals surface area contributed by atoms with Crippen LogP contribution in [0, 0.1) is 13.8 Å². The molecule has 0 saturated heterocycles. The molecule has 0 amide bonds. The predicted molar refractivity (Wildman–Crippen MR) is 85.1 cm³/mol. The van der Waals surface area contributed by atoms with Crippen molar-refractivity contribution in [2.45, 2.75) is 45.8 Å². The lowest BCUT2D eigenvalue weighted by molar-refractivity contribution is 0.771. The molecule has 2 heterocycles. The van der Waals surface area contributed by atoms with Crippen molar-refractivity contribution in [2.24, 2.45) is 5.73 Å². The van der Waals surface area contributed by atoms with Crippen LogP contribution >= 0.6 is 11.3 Å². The predicted octanol–water partition coefficient (Wildman–Crippen LogP) is 3.39. The summed E-state index contributed by atoms with van der Waals surface area (Å²) in [6.07, 6.45) is 2.54. The minimum Gasteiger partial charge on any atom is -0.348 e. The zero-order chi connectivity index (χ0) is 14.1. The zero-order valence-corrected chi connectivity index (χ0v) is 12.9. The van der Waals surface area contributed by atoms with Crippen LogP contribution in [0.3, 0.4) is 0 Å². The quantitative estimate of drug-likeness (QED) is 0.916. The van der Waals surface area contributed by atoms with Crippen molar-refractivity contribution in [1.82, 2.24) is 4.98 Å². The lowest BCUT2D eigenvalue weighted by atomic mass is 10.1. The second-order valence-corrected chi connectivity index (χ2v) is 6.56. The Morgan fingerprint density at radius 3 is 2.80 bits per heavy atom. The van der Waals surface area contributed by atoms with E-state index in [0.29, 0.717) is 12.6 Å². The van der Waals surface area contributed by atoms with Gasteiger partial charge in [0.25, 0.3) is 0 Å². The van der Waals surface area contributed by atoms with Crippen molar-refractivity contribution in [3.05, 3.63) is 45.3 Å². The van der Waals surface area contributed by atoms with E-state index in [1.807, 2.05) is 11.3 Å². The van der Waals surface area contributed by atoms with Gasteiger partial charge in [-0.15, -0.1) is 11.3 Å². The Labute approximate surface area is 124 Å². The van der Waals surface area contributed by atoms with E-state index < -0.39 is 0 Å². The van der Waals surface area contributed by atoms with E-state index in [-0.39, 0.29) is 0 Å². The number of rotatable bonds is 5. The Bertz CT molecular complexity index is 588. The van der Waals surface area contributed by atoms with Gasteiger partial charge in [0.1, 0.15) is 5.82 Å². The molecule has 3 nitrogen and oxygen atoms in total. The normalized spacial score (nSPS) is 14.6. The molecule has 0 bridgehead atoms. The Hall–Kier alpha value is -1.39.